The van der Waals surface area contributed by atoms with Gasteiger partial charge in [0.15, 0.2) is 5.13 Å². The number of hydrogen-bond donors (Lipinski definition) is 1. The SMILES string of the molecule is CCC(N)Cc1sc(N2CCN(C)CC2)nc1Cl. The molecule has 1 aliphatic rings. The van der Waals surface area contributed by atoms with Crippen LogP contribution in [-0.4, -0.2) is 49.2 Å². The minimum Gasteiger partial charge on any atom is -0.345 e. The summed E-state index contributed by atoms with van der Waals surface area (Å²) in [7, 11) is 2.15. The predicted molar refractivity (Wildman–Crippen MR) is 78.8 cm³/mol. The summed E-state index contributed by atoms with van der Waals surface area (Å²) >= 11 is 7.90. The number of thiazole rings is 1. The predicted octanol–water partition coefficient (Wildman–Crippen LogP) is 1.83. The van der Waals surface area contributed by atoms with Crippen molar-refractivity contribution in [3.63, 3.8) is 0 Å². The second-order valence-electron chi connectivity index (χ2n) is 4.87. The van der Waals surface area contributed by atoms with Crippen molar-refractivity contribution in [1.29, 1.82) is 0 Å². The maximum Gasteiger partial charge on any atom is 0.187 e. The molecule has 6 heteroatoms. The standard InChI is InChI=1S/C12H21ClN4S/c1-3-9(14)8-10-11(13)15-12(18-10)17-6-4-16(2)5-7-17/h9H,3-8,14H2,1-2H3. The summed E-state index contributed by atoms with van der Waals surface area (Å²) in [5.74, 6) is 0. The van der Waals surface area contributed by atoms with Crippen LogP contribution in [0.4, 0.5) is 5.13 Å². The Hall–Kier alpha value is -0.360. The summed E-state index contributed by atoms with van der Waals surface area (Å²) in [6.07, 6.45) is 1.80. The van der Waals surface area contributed by atoms with Gasteiger partial charge in [0.25, 0.3) is 0 Å². The van der Waals surface area contributed by atoms with E-state index in [9.17, 15) is 0 Å². The third kappa shape index (κ3) is 3.35. The molecule has 0 aromatic carbocycles. The molecule has 0 spiro atoms. The van der Waals surface area contributed by atoms with E-state index in [1.54, 1.807) is 11.3 Å². The van der Waals surface area contributed by atoms with E-state index in [-0.39, 0.29) is 6.04 Å². The van der Waals surface area contributed by atoms with Crippen molar-refractivity contribution >= 4 is 28.1 Å². The summed E-state index contributed by atoms with van der Waals surface area (Å²) < 4.78 is 0. The Morgan fingerprint density at radius 2 is 2.06 bits per heavy atom. The second kappa shape index (κ2) is 6.19. The fraction of sp³-hybridized carbons (Fsp3) is 0.750. The first kappa shape index (κ1) is 14.1. The number of nitrogens with zero attached hydrogens (tertiary/aromatic N) is 3. The molecule has 18 heavy (non-hydrogen) atoms. The van der Waals surface area contributed by atoms with E-state index in [1.807, 2.05) is 0 Å². The zero-order valence-corrected chi connectivity index (χ0v) is 12.6. The molecule has 0 saturated carbocycles. The van der Waals surface area contributed by atoms with Gasteiger partial charge in [-0.25, -0.2) is 4.98 Å². The van der Waals surface area contributed by atoms with Gasteiger partial charge in [-0.3, -0.25) is 0 Å². The number of aromatic nitrogens is 1. The maximum absolute atomic E-state index is 6.20. The van der Waals surface area contributed by atoms with Gasteiger partial charge in [-0.1, -0.05) is 18.5 Å². The van der Waals surface area contributed by atoms with Crippen molar-refractivity contribution in [2.24, 2.45) is 5.73 Å². The van der Waals surface area contributed by atoms with Crippen molar-refractivity contribution in [1.82, 2.24) is 9.88 Å². The number of halogens is 1. The molecule has 102 valence electrons. The molecule has 1 atom stereocenters. The van der Waals surface area contributed by atoms with Gasteiger partial charge in [-0.2, -0.15) is 0 Å². The van der Waals surface area contributed by atoms with Crippen LogP contribution in [0.1, 0.15) is 18.2 Å². The average Bonchev–Trinajstić information content (AvgIpc) is 2.71. The van der Waals surface area contributed by atoms with E-state index >= 15 is 0 Å². The number of anilines is 1. The Balaban J connectivity index is 2.04. The first-order valence-corrected chi connectivity index (χ1v) is 7.64. The minimum absolute atomic E-state index is 0.184. The molecule has 1 aliphatic heterocycles. The summed E-state index contributed by atoms with van der Waals surface area (Å²) in [4.78, 5) is 10.3. The first-order chi connectivity index (χ1) is 8.60. The zero-order chi connectivity index (χ0) is 13.1. The van der Waals surface area contributed by atoms with E-state index in [2.05, 4.69) is 28.8 Å². The molecule has 1 saturated heterocycles. The van der Waals surface area contributed by atoms with E-state index < -0.39 is 0 Å². The average molecular weight is 289 g/mol. The molecule has 0 bridgehead atoms. The van der Waals surface area contributed by atoms with E-state index in [0.29, 0.717) is 5.15 Å². The molecule has 1 aromatic rings. The van der Waals surface area contributed by atoms with Gasteiger partial charge >= 0.3 is 0 Å². The Labute approximate surface area is 118 Å². The summed E-state index contributed by atoms with van der Waals surface area (Å²) in [6.45, 7) is 6.32. The van der Waals surface area contributed by atoms with Crippen LogP contribution in [0.25, 0.3) is 0 Å². The van der Waals surface area contributed by atoms with Crippen molar-refractivity contribution in [3.05, 3.63) is 10.0 Å². The van der Waals surface area contributed by atoms with Crippen LogP contribution in [0.2, 0.25) is 5.15 Å². The molecular weight excluding hydrogens is 268 g/mol. The van der Waals surface area contributed by atoms with Gasteiger partial charge in [0.05, 0.1) is 0 Å². The molecule has 2 N–H and O–H groups in total. The molecule has 0 radical (unpaired) electrons. The smallest absolute Gasteiger partial charge is 0.187 e. The highest BCUT2D eigenvalue weighted by atomic mass is 35.5. The normalized spacial score (nSPS) is 19.2. The van der Waals surface area contributed by atoms with Gasteiger partial charge in [0.1, 0.15) is 5.15 Å². The number of piperazine rings is 1. The molecule has 2 rings (SSSR count). The Morgan fingerprint density at radius 3 is 2.67 bits per heavy atom. The van der Waals surface area contributed by atoms with Crippen LogP contribution in [0.15, 0.2) is 0 Å². The highest BCUT2D eigenvalue weighted by molar-refractivity contribution is 7.16. The van der Waals surface area contributed by atoms with Crippen LogP contribution in [0.3, 0.4) is 0 Å². The summed E-state index contributed by atoms with van der Waals surface area (Å²) in [6, 6.07) is 0.184. The Bertz CT molecular complexity index is 387. The molecule has 1 unspecified atom stereocenters. The van der Waals surface area contributed by atoms with Crippen molar-refractivity contribution < 1.29 is 0 Å². The maximum atomic E-state index is 6.20. The van der Waals surface area contributed by atoms with Crippen molar-refractivity contribution in [2.45, 2.75) is 25.8 Å². The topological polar surface area (TPSA) is 45.4 Å². The second-order valence-corrected chi connectivity index (χ2v) is 6.29. The van der Waals surface area contributed by atoms with Crippen LogP contribution in [0, 0.1) is 0 Å². The molecule has 4 nitrogen and oxygen atoms in total. The van der Waals surface area contributed by atoms with Gasteiger partial charge in [-0.05, 0) is 13.5 Å². The molecule has 0 aliphatic carbocycles. The van der Waals surface area contributed by atoms with Crippen molar-refractivity contribution in [3.8, 4) is 0 Å². The van der Waals surface area contributed by atoms with E-state index in [1.165, 1.54) is 0 Å². The van der Waals surface area contributed by atoms with Crippen molar-refractivity contribution in [2.75, 3.05) is 38.1 Å². The number of nitrogens with two attached hydrogens (primary N) is 1. The van der Waals surface area contributed by atoms with Crippen LogP contribution in [0.5, 0.6) is 0 Å². The van der Waals surface area contributed by atoms with Crippen LogP contribution in [-0.2, 0) is 6.42 Å². The lowest BCUT2D eigenvalue weighted by molar-refractivity contribution is 0.313. The lowest BCUT2D eigenvalue weighted by atomic mass is 10.1. The lowest BCUT2D eigenvalue weighted by Crippen LogP contribution is -2.44. The van der Waals surface area contributed by atoms with Gasteiger partial charge < -0.3 is 15.5 Å². The molecule has 2 heterocycles. The minimum atomic E-state index is 0.184. The van der Waals surface area contributed by atoms with E-state index in [0.717, 1.165) is 49.0 Å². The van der Waals surface area contributed by atoms with E-state index in [4.69, 9.17) is 17.3 Å². The Kier molecular flexibility index (Phi) is 4.84. The fourth-order valence-corrected chi connectivity index (χ4v) is 3.38. The lowest BCUT2D eigenvalue weighted by Gasteiger charge is -2.32. The first-order valence-electron chi connectivity index (χ1n) is 6.44. The third-order valence-corrected chi connectivity index (χ3v) is 4.95. The Morgan fingerprint density at radius 1 is 1.39 bits per heavy atom. The highest BCUT2D eigenvalue weighted by Gasteiger charge is 2.19. The van der Waals surface area contributed by atoms with Crippen LogP contribution >= 0.6 is 22.9 Å². The molecule has 1 fully saturated rings. The fourth-order valence-electron chi connectivity index (χ4n) is 1.96. The summed E-state index contributed by atoms with van der Waals surface area (Å²) in [5, 5.41) is 1.68. The van der Waals surface area contributed by atoms with Gasteiger partial charge in [-0.15, -0.1) is 11.3 Å². The number of rotatable bonds is 4. The monoisotopic (exact) mass is 288 g/mol. The summed E-state index contributed by atoms with van der Waals surface area (Å²) in [5.41, 5.74) is 5.98. The zero-order valence-electron chi connectivity index (χ0n) is 11.0. The third-order valence-electron chi connectivity index (χ3n) is 3.38. The molecule has 0 amide bonds. The molecular formula is C12H21ClN4S. The van der Waals surface area contributed by atoms with Gasteiger partial charge in [0.2, 0.25) is 0 Å². The van der Waals surface area contributed by atoms with Crippen LogP contribution < -0.4 is 10.6 Å². The van der Waals surface area contributed by atoms with Gasteiger partial charge in [0, 0.05) is 43.5 Å². The molecule has 1 aromatic heterocycles. The highest BCUT2D eigenvalue weighted by Crippen LogP contribution is 2.31. The number of hydrogen-bond acceptors (Lipinski definition) is 5. The quantitative estimate of drug-likeness (QED) is 0.918. The number of likely N-dealkylation sites (N-methyl/N-ethyl adjacent to an activating group) is 1. The largest absolute Gasteiger partial charge is 0.345 e.